The van der Waals surface area contributed by atoms with Crippen LogP contribution in [0.4, 0.5) is 11.5 Å². The van der Waals surface area contributed by atoms with Gasteiger partial charge in [0.2, 0.25) is 7.37 Å². The molecule has 1 aromatic carbocycles. The molecular formula is C23H35N4O14P3. The number of nitrogens with zero attached hydrogens (tertiary/aromatic N) is 3. The number of aliphatic hydroxyl groups excluding tert-OH is 1. The van der Waals surface area contributed by atoms with Crippen molar-refractivity contribution in [1.29, 1.82) is 0 Å². The van der Waals surface area contributed by atoms with Gasteiger partial charge < -0.3 is 44.4 Å². The van der Waals surface area contributed by atoms with Gasteiger partial charge in [0.05, 0.1) is 35.9 Å². The quantitative estimate of drug-likeness (QED) is 0.100. The van der Waals surface area contributed by atoms with Gasteiger partial charge in [-0.15, -0.1) is 0 Å². The fraction of sp³-hybridized carbons (Fsp3) is 0.565. The Morgan fingerprint density at radius 3 is 2.41 bits per heavy atom. The zero-order valence-electron chi connectivity index (χ0n) is 23.9. The van der Waals surface area contributed by atoms with Crippen molar-refractivity contribution < 1.29 is 57.3 Å². The van der Waals surface area contributed by atoms with Crippen molar-refractivity contribution >= 4 is 34.1 Å². The summed E-state index contributed by atoms with van der Waals surface area (Å²) in [5.74, 6) is -3.13. The summed E-state index contributed by atoms with van der Waals surface area (Å²) in [4.78, 5) is 65.0. The van der Waals surface area contributed by atoms with Crippen LogP contribution in [-0.2, 0) is 34.3 Å². The van der Waals surface area contributed by atoms with E-state index in [0.717, 1.165) is 4.57 Å². The molecule has 21 heteroatoms. The SMILES string of the molecule is CC(C)(C)[C@H](OCc1cn([C@H]2C[C@@H](O)[C@@H](COP(=O)(O)CP(=O)(O)CP(=O)(O)O)O2)c(=O)nc1N)c1ccccc1[N+](=O)[O-]. The number of aromatic nitrogens is 2. The fourth-order valence-corrected chi connectivity index (χ4v) is 11.0. The van der Waals surface area contributed by atoms with Crippen LogP contribution in [0.1, 0.15) is 50.7 Å². The van der Waals surface area contributed by atoms with Crippen LogP contribution in [0.15, 0.2) is 35.3 Å². The lowest BCUT2D eigenvalue weighted by molar-refractivity contribution is -0.386. The number of benzene rings is 1. The number of rotatable bonds is 13. The van der Waals surface area contributed by atoms with Crippen LogP contribution in [0, 0.1) is 15.5 Å². The molecule has 2 heterocycles. The Hall–Kier alpha value is -2.33. The lowest BCUT2D eigenvalue weighted by Gasteiger charge is -2.31. The largest absolute Gasteiger partial charge is 0.390 e. The van der Waals surface area contributed by atoms with Crippen LogP contribution >= 0.6 is 22.6 Å². The predicted octanol–water partition coefficient (Wildman–Crippen LogP) is 2.25. The van der Waals surface area contributed by atoms with E-state index in [2.05, 4.69) is 4.98 Å². The minimum absolute atomic E-state index is 0.138. The van der Waals surface area contributed by atoms with E-state index in [0.29, 0.717) is 5.56 Å². The second kappa shape index (κ2) is 13.6. The molecule has 1 aliphatic heterocycles. The summed E-state index contributed by atoms with van der Waals surface area (Å²) >= 11 is 0. The summed E-state index contributed by atoms with van der Waals surface area (Å²) in [6.45, 7) is 4.50. The van der Waals surface area contributed by atoms with Crippen molar-refractivity contribution in [3.63, 3.8) is 0 Å². The molecule has 1 fully saturated rings. The minimum atomic E-state index is -4.97. The zero-order chi connectivity index (χ0) is 33.3. The number of nitro groups is 1. The first-order valence-corrected chi connectivity index (χ1v) is 18.6. The number of para-hydroxylation sites is 1. The number of ether oxygens (including phenoxy) is 2. The third kappa shape index (κ3) is 9.83. The van der Waals surface area contributed by atoms with Crippen molar-refractivity contribution in [2.75, 3.05) is 24.1 Å². The Balaban J connectivity index is 1.75. The van der Waals surface area contributed by atoms with E-state index in [9.17, 15) is 43.5 Å². The maximum atomic E-state index is 12.7. The van der Waals surface area contributed by atoms with Gasteiger partial charge >= 0.3 is 20.9 Å². The number of hydrogen-bond donors (Lipinski definition) is 6. The topological polar surface area (TPSA) is 284 Å². The van der Waals surface area contributed by atoms with E-state index in [1.165, 1.54) is 18.3 Å². The molecule has 0 spiro atoms. The Morgan fingerprint density at radius 2 is 1.82 bits per heavy atom. The number of anilines is 1. The van der Waals surface area contributed by atoms with Gasteiger partial charge in [0.1, 0.15) is 30.0 Å². The van der Waals surface area contributed by atoms with Crippen LogP contribution in [0.2, 0.25) is 0 Å². The van der Waals surface area contributed by atoms with Crippen LogP contribution in [-0.4, -0.2) is 69.8 Å². The smallest absolute Gasteiger partial charge is 0.351 e. The molecule has 7 N–H and O–H groups in total. The highest BCUT2D eigenvalue weighted by atomic mass is 31.3. The van der Waals surface area contributed by atoms with Gasteiger partial charge in [0, 0.05) is 24.2 Å². The molecule has 2 aromatic rings. The Kier molecular flexibility index (Phi) is 11.1. The lowest BCUT2D eigenvalue weighted by atomic mass is 9.84. The van der Waals surface area contributed by atoms with Crippen LogP contribution in [0.3, 0.4) is 0 Å². The number of hydrogen-bond acceptors (Lipinski definition) is 12. The van der Waals surface area contributed by atoms with E-state index in [1.807, 2.05) is 20.8 Å². The van der Waals surface area contributed by atoms with Crippen molar-refractivity contribution in [2.45, 2.75) is 58.3 Å². The molecule has 1 aliphatic rings. The summed E-state index contributed by atoms with van der Waals surface area (Å²) in [5, 5.41) is 22.1. The summed E-state index contributed by atoms with van der Waals surface area (Å²) in [6, 6.07) is 6.11. The normalized spacial score (nSPS) is 22.7. The van der Waals surface area contributed by atoms with Crippen molar-refractivity contribution in [3.05, 3.63) is 62.2 Å². The molecule has 3 rings (SSSR count). The van der Waals surface area contributed by atoms with Gasteiger partial charge in [0.15, 0.2) is 0 Å². The Morgan fingerprint density at radius 1 is 1.18 bits per heavy atom. The van der Waals surface area contributed by atoms with Crippen LogP contribution in [0.5, 0.6) is 0 Å². The molecule has 0 bridgehead atoms. The summed E-state index contributed by atoms with van der Waals surface area (Å²) < 4.78 is 52.9. The van der Waals surface area contributed by atoms with E-state index >= 15 is 0 Å². The van der Waals surface area contributed by atoms with E-state index in [-0.39, 0.29) is 30.1 Å². The third-order valence-electron chi connectivity index (χ3n) is 6.43. The molecule has 2 unspecified atom stereocenters. The lowest BCUT2D eigenvalue weighted by Crippen LogP contribution is -2.30. The van der Waals surface area contributed by atoms with Gasteiger partial charge in [-0.2, -0.15) is 4.98 Å². The average molecular weight is 684 g/mol. The first-order chi connectivity index (χ1) is 20.1. The molecule has 6 atom stereocenters. The highest BCUT2D eigenvalue weighted by Gasteiger charge is 2.41. The monoisotopic (exact) mass is 684 g/mol. The van der Waals surface area contributed by atoms with Crippen LogP contribution < -0.4 is 11.4 Å². The summed E-state index contributed by atoms with van der Waals surface area (Å²) in [6.07, 6.45) is -3.46. The molecule has 0 saturated carbocycles. The van der Waals surface area contributed by atoms with Crippen molar-refractivity contribution in [1.82, 2.24) is 9.55 Å². The van der Waals surface area contributed by atoms with E-state index in [4.69, 9.17) is 29.5 Å². The van der Waals surface area contributed by atoms with E-state index < -0.39 is 81.5 Å². The third-order valence-corrected chi connectivity index (χ3v) is 13.4. The zero-order valence-corrected chi connectivity index (χ0v) is 26.6. The maximum absolute atomic E-state index is 12.7. The summed E-state index contributed by atoms with van der Waals surface area (Å²) in [5.41, 5.74) is 4.91. The van der Waals surface area contributed by atoms with Gasteiger partial charge in [-0.25, -0.2) is 4.79 Å². The van der Waals surface area contributed by atoms with Crippen molar-refractivity contribution in [3.8, 4) is 0 Å². The standard InChI is InChI=1S/C23H35N4O14P3/c1-23(2,3)20(15-6-4-5-7-16(15)27(30)31)39-10-14-9-26(22(29)25-21(14)24)19-8-17(28)18(41-19)11-40-44(37,38)13-42(32,33)12-43(34,35)36/h4-7,9,17-20,28H,8,10-13H2,1-3H3,(H,32,33)(H,37,38)(H2,24,25,29)(H2,34,35,36)/t17-,18-,19-,20-/m1/s1. The first-order valence-electron chi connectivity index (χ1n) is 13.0. The highest BCUT2D eigenvalue weighted by molar-refractivity contribution is 7.79. The molecule has 1 aromatic heterocycles. The van der Waals surface area contributed by atoms with Crippen molar-refractivity contribution in [2.24, 2.45) is 5.41 Å². The predicted molar refractivity (Wildman–Crippen MR) is 155 cm³/mol. The van der Waals surface area contributed by atoms with Crippen LogP contribution in [0.25, 0.3) is 0 Å². The Labute approximate surface area is 251 Å². The van der Waals surface area contributed by atoms with E-state index in [1.54, 1.807) is 12.1 Å². The number of nitro benzene ring substituents is 1. The molecule has 1 saturated heterocycles. The maximum Gasteiger partial charge on any atom is 0.351 e. The summed E-state index contributed by atoms with van der Waals surface area (Å²) in [7, 11) is -14.6. The fourth-order valence-electron chi connectivity index (χ4n) is 4.57. The minimum Gasteiger partial charge on any atom is -0.390 e. The second-order valence-electron chi connectivity index (χ2n) is 11.4. The second-order valence-corrected chi connectivity index (χ2v) is 18.2. The number of aliphatic hydroxyl groups is 1. The molecule has 18 nitrogen and oxygen atoms in total. The van der Waals surface area contributed by atoms with Gasteiger partial charge in [-0.3, -0.25) is 28.4 Å². The highest BCUT2D eigenvalue weighted by Crippen LogP contribution is 2.63. The molecule has 246 valence electrons. The molecule has 44 heavy (non-hydrogen) atoms. The van der Waals surface area contributed by atoms with Gasteiger partial charge in [-0.1, -0.05) is 32.9 Å². The average Bonchev–Trinajstić information content (AvgIpc) is 3.21. The molecule has 0 amide bonds. The number of nitrogens with two attached hydrogens (primary N) is 1. The first kappa shape index (κ1) is 36.1. The molecular weight excluding hydrogens is 649 g/mol. The molecule has 0 aliphatic carbocycles. The Bertz CT molecular complexity index is 1570. The van der Waals surface area contributed by atoms with Gasteiger partial charge in [-0.05, 0) is 11.5 Å². The van der Waals surface area contributed by atoms with Gasteiger partial charge in [0.25, 0.3) is 5.69 Å². The molecule has 0 radical (unpaired) electrons. The number of nitrogen functional groups attached to an aromatic ring is 1.